The molecule has 0 atom stereocenters. The Hall–Kier alpha value is -2.28. The topological polar surface area (TPSA) is 78.7 Å². The van der Waals surface area contributed by atoms with Gasteiger partial charge in [0.2, 0.25) is 5.91 Å². The summed E-state index contributed by atoms with van der Waals surface area (Å²) in [5.41, 5.74) is 8.03. The molecule has 6 nitrogen and oxygen atoms in total. The van der Waals surface area contributed by atoms with Crippen molar-refractivity contribution in [2.75, 3.05) is 38.5 Å². The number of hydrogen-bond acceptors (Lipinski definition) is 4. The molecule has 1 aliphatic heterocycles. The Morgan fingerprint density at radius 3 is 2.25 bits per heavy atom. The Kier molecular flexibility index (Phi) is 9.79. The second-order valence-corrected chi connectivity index (χ2v) is 6.46. The lowest BCUT2D eigenvalue weighted by Crippen LogP contribution is -2.51. The van der Waals surface area contributed by atoms with E-state index in [0.29, 0.717) is 50.5 Å². The average Bonchev–Trinajstić information content (AvgIpc) is 2.67. The molecular formula is C20H26Cl2N4O2. The number of anilines is 1. The maximum Gasteiger partial charge on any atom is 0.254 e. The zero-order valence-electron chi connectivity index (χ0n) is 15.5. The SMILES string of the molecule is Cl.Cl.Nc1cccc(C(=O)N2CCN(CC(=O)NCc3ccccc3)CC2)c1. The Balaban J connectivity index is 0.00000196. The zero-order valence-corrected chi connectivity index (χ0v) is 17.2. The summed E-state index contributed by atoms with van der Waals surface area (Å²) >= 11 is 0. The Morgan fingerprint density at radius 2 is 1.61 bits per heavy atom. The lowest BCUT2D eigenvalue weighted by atomic mass is 10.1. The largest absolute Gasteiger partial charge is 0.399 e. The number of carbonyl (C=O) groups excluding carboxylic acids is 2. The number of halogens is 2. The van der Waals surface area contributed by atoms with Crippen LogP contribution in [0.2, 0.25) is 0 Å². The molecule has 1 heterocycles. The fourth-order valence-corrected chi connectivity index (χ4v) is 3.02. The van der Waals surface area contributed by atoms with E-state index in [1.54, 1.807) is 24.3 Å². The highest BCUT2D eigenvalue weighted by atomic mass is 35.5. The fourth-order valence-electron chi connectivity index (χ4n) is 3.02. The normalized spacial score (nSPS) is 13.8. The first-order valence-electron chi connectivity index (χ1n) is 8.79. The van der Waals surface area contributed by atoms with Gasteiger partial charge < -0.3 is 16.0 Å². The maximum absolute atomic E-state index is 12.5. The number of nitrogens with zero attached hydrogens (tertiary/aromatic N) is 2. The highest BCUT2D eigenvalue weighted by Crippen LogP contribution is 2.12. The van der Waals surface area contributed by atoms with Crippen LogP contribution in [0, 0.1) is 0 Å². The predicted molar refractivity (Wildman–Crippen MR) is 116 cm³/mol. The van der Waals surface area contributed by atoms with E-state index in [2.05, 4.69) is 10.2 Å². The van der Waals surface area contributed by atoms with Crippen LogP contribution in [0.15, 0.2) is 54.6 Å². The molecule has 0 aromatic heterocycles. The summed E-state index contributed by atoms with van der Waals surface area (Å²) in [5.74, 6) is -0.00468. The van der Waals surface area contributed by atoms with E-state index >= 15 is 0 Å². The molecule has 0 bridgehead atoms. The first-order chi connectivity index (χ1) is 12.6. The van der Waals surface area contributed by atoms with Gasteiger partial charge in [-0.25, -0.2) is 0 Å². The molecule has 0 radical (unpaired) electrons. The van der Waals surface area contributed by atoms with Gasteiger partial charge in [-0.05, 0) is 23.8 Å². The second kappa shape index (κ2) is 11.5. The molecule has 1 saturated heterocycles. The molecule has 152 valence electrons. The van der Waals surface area contributed by atoms with Crippen molar-refractivity contribution in [3.05, 3.63) is 65.7 Å². The fraction of sp³-hybridized carbons (Fsp3) is 0.300. The molecule has 3 N–H and O–H groups in total. The van der Waals surface area contributed by atoms with Crippen LogP contribution in [0.25, 0.3) is 0 Å². The molecule has 0 saturated carbocycles. The Morgan fingerprint density at radius 1 is 0.929 bits per heavy atom. The van der Waals surface area contributed by atoms with E-state index in [0.717, 1.165) is 5.56 Å². The monoisotopic (exact) mass is 424 g/mol. The Bertz CT molecular complexity index is 766. The van der Waals surface area contributed by atoms with E-state index in [1.165, 1.54) is 0 Å². The van der Waals surface area contributed by atoms with Crippen LogP contribution in [0.5, 0.6) is 0 Å². The molecule has 2 aromatic rings. The minimum absolute atomic E-state index is 0. The molecule has 28 heavy (non-hydrogen) atoms. The number of benzene rings is 2. The average molecular weight is 425 g/mol. The number of carbonyl (C=O) groups is 2. The number of hydrogen-bond donors (Lipinski definition) is 2. The highest BCUT2D eigenvalue weighted by Gasteiger charge is 2.23. The Labute approximate surface area is 177 Å². The summed E-state index contributed by atoms with van der Waals surface area (Å²) in [6, 6.07) is 16.9. The summed E-state index contributed by atoms with van der Waals surface area (Å²) in [6.45, 7) is 3.49. The van der Waals surface area contributed by atoms with E-state index in [9.17, 15) is 9.59 Å². The van der Waals surface area contributed by atoms with Crippen molar-refractivity contribution in [2.45, 2.75) is 6.54 Å². The third-order valence-corrected chi connectivity index (χ3v) is 4.49. The van der Waals surface area contributed by atoms with Crippen LogP contribution >= 0.6 is 24.8 Å². The third kappa shape index (κ3) is 6.71. The standard InChI is InChI=1S/C20H24N4O2.2ClH/c21-18-8-4-7-17(13-18)20(26)24-11-9-23(10-12-24)15-19(25)22-14-16-5-2-1-3-6-16;;/h1-8,13H,9-12,14-15,21H2,(H,22,25);2*1H. The van der Waals surface area contributed by atoms with Crippen LogP contribution in [0.4, 0.5) is 5.69 Å². The van der Waals surface area contributed by atoms with Gasteiger partial charge in [-0.3, -0.25) is 14.5 Å². The lowest BCUT2D eigenvalue weighted by Gasteiger charge is -2.34. The van der Waals surface area contributed by atoms with Crippen molar-refractivity contribution in [2.24, 2.45) is 0 Å². The van der Waals surface area contributed by atoms with E-state index in [4.69, 9.17) is 5.73 Å². The summed E-state index contributed by atoms with van der Waals surface area (Å²) in [6.07, 6.45) is 0. The van der Waals surface area contributed by atoms with Gasteiger partial charge in [-0.2, -0.15) is 0 Å². The summed E-state index contributed by atoms with van der Waals surface area (Å²) in [7, 11) is 0. The van der Waals surface area contributed by atoms with Crippen LogP contribution in [0.3, 0.4) is 0 Å². The van der Waals surface area contributed by atoms with Crippen molar-refractivity contribution < 1.29 is 9.59 Å². The number of nitrogen functional groups attached to an aromatic ring is 1. The van der Waals surface area contributed by atoms with Crippen molar-refractivity contribution in [3.8, 4) is 0 Å². The molecule has 3 rings (SSSR count). The van der Waals surface area contributed by atoms with Crippen LogP contribution < -0.4 is 11.1 Å². The van der Waals surface area contributed by atoms with E-state index in [-0.39, 0.29) is 36.6 Å². The van der Waals surface area contributed by atoms with E-state index < -0.39 is 0 Å². The highest BCUT2D eigenvalue weighted by molar-refractivity contribution is 5.95. The van der Waals surface area contributed by atoms with Crippen molar-refractivity contribution in [3.63, 3.8) is 0 Å². The van der Waals surface area contributed by atoms with Gasteiger partial charge in [0.1, 0.15) is 0 Å². The number of piperazine rings is 1. The van der Waals surface area contributed by atoms with Crippen LogP contribution in [-0.2, 0) is 11.3 Å². The van der Waals surface area contributed by atoms with E-state index in [1.807, 2.05) is 35.2 Å². The molecule has 1 aliphatic rings. The van der Waals surface area contributed by atoms with Crippen molar-refractivity contribution >= 4 is 42.3 Å². The minimum Gasteiger partial charge on any atom is -0.399 e. The smallest absolute Gasteiger partial charge is 0.254 e. The van der Waals surface area contributed by atoms with Gasteiger partial charge in [0, 0.05) is 44.0 Å². The minimum atomic E-state index is -0.00882. The number of rotatable bonds is 5. The molecule has 2 aromatic carbocycles. The van der Waals surface area contributed by atoms with Gasteiger partial charge in [0.05, 0.1) is 6.54 Å². The van der Waals surface area contributed by atoms with Gasteiger partial charge in [-0.15, -0.1) is 24.8 Å². The lowest BCUT2D eigenvalue weighted by molar-refractivity contribution is -0.122. The van der Waals surface area contributed by atoms with Crippen LogP contribution in [0.1, 0.15) is 15.9 Å². The summed E-state index contributed by atoms with van der Waals surface area (Å²) < 4.78 is 0. The molecule has 0 spiro atoms. The quantitative estimate of drug-likeness (QED) is 0.720. The summed E-state index contributed by atoms with van der Waals surface area (Å²) in [4.78, 5) is 28.5. The van der Waals surface area contributed by atoms with Crippen molar-refractivity contribution in [1.29, 1.82) is 0 Å². The molecule has 0 unspecified atom stereocenters. The van der Waals surface area contributed by atoms with Gasteiger partial charge in [-0.1, -0.05) is 36.4 Å². The van der Waals surface area contributed by atoms with Gasteiger partial charge in [0.25, 0.3) is 5.91 Å². The van der Waals surface area contributed by atoms with Crippen LogP contribution in [-0.4, -0.2) is 54.3 Å². The first-order valence-corrected chi connectivity index (χ1v) is 8.79. The molecule has 2 amide bonds. The number of nitrogens with two attached hydrogens (primary N) is 1. The maximum atomic E-state index is 12.5. The predicted octanol–water partition coefficient (Wildman–Crippen LogP) is 2.19. The molecule has 1 fully saturated rings. The van der Waals surface area contributed by atoms with Gasteiger partial charge in [0.15, 0.2) is 0 Å². The second-order valence-electron chi connectivity index (χ2n) is 6.46. The summed E-state index contributed by atoms with van der Waals surface area (Å²) in [5, 5.41) is 2.94. The third-order valence-electron chi connectivity index (χ3n) is 4.49. The van der Waals surface area contributed by atoms with Gasteiger partial charge >= 0.3 is 0 Å². The molecular weight excluding hydrogens is 399 g/mol. The number of amides is 2. The molecule has 0 aliphatic carbocycles. The van der Waals surface area contributed by atoms with Crippen molar-refractivity contribution in [1.82, 2.24) is 15.1 Å². The number of nitrogens with one attached hydrogen (secondary N) is 1. The molecule has 8 heteroatoms. The first kappa shape index (κ1) is 23.8. The zero-order chi connectivity index (χ0) is 18.4.